The molecule has 2 atom stereocenters. The van der Waals surface area contributed by atoms with Gasteiger partial charge in [-0.1, -0.05) is 44.9 Å². The normalized spacial score (nSPS) is 28.6. The van der Waals surface area contributed by atoms with E-state index in [1.165, 1.54) is 63.5 Å². The van der Waals surface area contributed by atoms with Crippen LogP contribution in [0.25, 0.3) is 0 Å². The molecule has 1 N–H and O–H groups in total. The molecular formula is C17H29N3. The number of nitrogens with zero attached hydrogens (tertiary/aromatic N) is 2. The quantitative estimate of drug-likeness (QED) is 0.909. The predicted molar refractivity (Wildman–Crippen MR) is 82.4 cm³/mol. The zero-order valence-corrected chi connectivity index (χ0v) is 12.9. The van der Waals surface area contributed by atoms with Crippen LogP contribution in [-0.2, 0) is 13.6 Å². The molecular weight excluding hydrogens is 246 g/mol. The Labute approximate surface area is 123 Å². The second-order valence-electron chi connectivity index (χ2n) is 6.81. The Bertz CT molecular complexity index is 406. The molecule has 2 saturated carbocycles. The van der Waals surface area contributed by atoms with E-state index in [4.69, 9.17) is 0 Å². The molecule has 0 bridgehead atoms. The molecule has 0 amide bonds. The zero-order chi connectivity index (χ0) is 13.8. The summed E-state index contributed by atoms with van der Waals surface area (Å²) in [6.07, 6.45) is 15.1. The van der Waals surface area contributed by atoms with Gasteiger partial charge in [-0.05, 0) is 30.7 Å². The van der Waals surface area contributed by atoms with Crippen LogP contribution in [0.4, 0.5) is 0 Å². The molecule has 20 heavy (non-hydrogen) atoms. The van der Waals surface area contributed by atoms with Gasteiger partial charge in [-0.15, -0.1) is 0 Å². The summed E-state index contributed by atoms with van der Waals surface area (Å²) in [6, 6.07) is 2.86. The summed E-state index contributed by atoms with van der Waals surface area (Å²) in [4.78, 5) is 0. The van der Waals surface area contributed by atoms with E-state index in [1.807, 2.05) is 17.9 Å². The highest BCUT2D eigenvalue weighted by Crippen LogP contribution is 2.38. The first-order valence-electron chi connectivity index (χ1n) is 8.55. The van der Waals surface area contributed by atoms with E-state index < -0.39 is 0 Å². The Morgan fingerprint density at radius 2 is 1.85 bits per heavy atom. The molecule has 0 spiro atoms. The molecule has 3 nitrogen and oxygen atoms in total. The van der Waals surface area contributed by atoms with Crippen LogP contribution in [0.3, 0.4) is 0 Å². The van der Waals surface area contributed by atoms with E-state index in [9.17, 15) is 0 Å². The van der Waals surface area contributed by atoms with E-state index in [-0.39, 0.29) is 0 Å². The number of aromatic nitrogens is 2. The van der Waals surface area contributed by atoms with E-state index in [0.29, 0.717) is 0 Å². The van der Waals surface area contributed by atoms with Crippen LogP contribution < -0.4 is 5.32 Å². The zero-order valence-electron chi connectivity index (χ0n) is 12.9. The van der Waals surface area contributed by atoms with Gasteiger partial charge in [0.2, 0.25) is 0 Å². The van der Waals surface area contributed by atoms with Crippen LogP contribution >= 0.6 is 0 Å². The molecule has 0 aliphatic heterocycles. The van der Waals surface area contributed by atoms with Crippen molar-refractivity contribution >= 4 is 0 Å². The molecule has 1 aromatic heterocycles. The van der Waals surface area contributed by atoms with Crippen molar-refractivity contribution in [1.82, 2.24) is 15.1 Å². The Morgan fingerprint density at radius 3 is 2.60 bits per heavy atom. The van der Waals surface area contributed by atoms with Crippen LogP contribution in [0.15, 0.2) is 12.3 Å². The molecule has 2 aliphatic rings. The summed E-state index contributed by atoms with van der Waals surface area (Å²) in [5.74, 6) is 1.91. The van der Waals surface area contributed by atoms with Gasteiger partial charge in [0.25, 0.3) is 0 Å². The fourth-order valence-corrected chi connectivity index (χ4v) is 4.33. The second kappa shape index (κ2) is 6.75. The molecule has 3 heteroatoms. The number of hydrogen-bond acceptors (Lipinski definition) is 2. The van der Waals surface area contributed by atoms with Gasteiger partial charge in [0.1, 0.15) is 0 Å². The highest BCUT2D eigenvalue weighted by molar-refractivity contribution is 4.99. The lowest BCUT2D eigenvalue weighted by molar-refractivity contribution is 0.149. The van der Waals surface area contributed by atoms with Crippen LogP contribution in [-0.4, -0.2) is 15.8 Å². The van der Waals surface area contributed by atoms with Crippen molar-refractivity contribution in [3.63, 3.8) is 0 Å². The van der Waals surface area contributed by atoms with E-state index in [2.05, 4.69) is 16.5 Å². The molecule has 1 aromatic rings. The SMILES string of the molecule is Cn1ccc(CNC2CCCCC2C2CCCCC2)n1. The standard InChI is InChI=1S/C17H29N3/c1-20-12-11-15(19-20)13-18-17-10-6-5-9-16(17)14-7-3-2-4-8-14/h11-12,14,16-18H,2-10,13H2,1H3. The van der Waals surface area contributed by atoms with Crippen molar-refractivity contribution in [2.45, 2.75) is 70.4 Å². The topological polar surface area (TPSA) is 29.9 Å². The summed E-state index contributed by atoms with van der Waals surface area (Å²) in [5, 5.41) is 8.31. The lowest BCUT2D eigenvalue weighted by Crippen LogP contribution is -2.42. The van der Waals surface area contributed by atoms with Gasteiger partial charge in [0, 0.05) is 25.8 Å². The summed E-state index contributed by atoms with van der Waals surface area (Å²) in [7, 11) is 1.99. The van der Waals surface area contributed by atoms with Crippen molar-refractivity contribution in [3.8, 4) is 0 Å². The van der Waals surface area contributed by atoms with Crippen molar-refractivity contribution in [2.75, 3.05) is 0 Å². The lowest BCUT2D eigenvalue weighted by Gasteiger charge is -2.39. The monoisotopic (exact) mass is 275 g/mol. The molecule has 2 fully saturated rings. The Balaban J connectivity index is 1.57. The smallest absolute Gasteiger partial charge is 0.0762 e. The fourth-order valence-electron chi connectivity index (χ4n) is 4.33. The lowest BCUT2D eigenvalue weighted by atomic mass is 9.71. The average Bonchev–Trinajstić information content (AvgIpc) is 2.92. The number of rotatable bonds is 4. The van der Waals surface area contributed by atoms with Crippen LogP contribution in [0.2, 0.25) is 0 Å². The maximum Gasteiger partial charge on any atom is 0.0762 e. The van der Waals surface area contributed by atoms with Gasteiger partial charge < -0.3 is 5.32 Å². The summed E-state index contributed by atoms with van der Waals surface area (Å²) < 4.78 is 1.90. The summed E-state index contributed by atoms with van der Waals surface area (Å²) >= 11 is 0. The molecule has 1 heterocycles. The number of hydrogen-bond donors (Lipinski definition) is 1. The van der Waals surface area contributed by atoms with E-state index in [1.54, 1.807) is 0 Å². The Hall–Kier alpha value is -0.830. The minimum atomic E-state index is 0.730. The van der Waals surface area contributed by atoms with E-state index >= 15 is 0 Å². The predicted octanol–water partition coefficient (Wildman–Crippen LogP) is 3.65. The highest BCUT2D eigenvalue weighted by atomic mass is 15.3. The first-order valence-corrected chi connectivity index (χ1v) is 8.55. The van der Waals surface area contributed by atoms with Gasteiger partial charge in [0.15, 0.2) is 0 Å². The maximum absolute atomic E-state index is 4.49. The highest BCUT2D eigenvalue weighted by Gasteiger charge is 2.32. The molecule has 112 valence electrons. The molecule has 2 unspecified atom stereocenters. The van der Waals surface area contributed by atoms with Crippen LogP contribution in [0.5, 0.6) is 0 Å². The van der Waals surface area contributed by atoms with E-state index in [0.717, 1.165) is 24.4 Å². The third-order valence-electron chi connectivity index (χ3n) is 5.39. The first-order chi connectivity index (χ1) is 9.83. The van der Waals surface area contributed by atoms with Crippen molar-refractivity contribution < 1.29 is 0 Å². The van der Waals surface area contributed by atoms with Gasteiger partial charge in [-0.3, -0.25) is 4.68 Å². The van der Waals surface area contributed by atoms with Gasteiger partial charge in [0.05, 0.1) is 5.69 Å². The molecule has 3 rings (SSSR count). The Kier molecular flexibility index (Phi) is 4.77. The minimum Gasteiger partial charge on any atom is -0.308 e. The molecule has 2 aliphatic carbocycles. The fraction of sp³-hybridized carbons (Fsp3) is 0.824. The van der Waals surface area contributed by atoms with Crippen molar-refractivity contribution in [2.24, 2.45) is 18.9 Å². The second-order valence-corrected chi connectivity index (χ2v) is 6.81. The molecule has 0 radical (unpaired) electrons. The largest absolute Gasteiger partial charge is 0.308 e. The maximum atomic E-state index is 4.49. The van der Waals surface area contributed by atoms with Gasteiger partial charge >= 0.3 is 0 Å². The molecule has 0 aromatic carbocycles. The summed E-state index contributed by atoms with van der Waals surface area (Å²) in [6.45, 7) is 0.939. The van der Waals surface area contributed by atoms with Crippen LogP contribution in [0, 0.1) is 11.8 Å². The third kappa shape index (κ3) is 3.43. The number of nitrogens with one attached hydrogen (secondary N) is 1. The Morgan fingerprint density at radius 1 is 1.10 bits per heavy atom. The molecule has 0 saturated heterocycles. The van der Waals surface area contributed by atoms with Gasteiger partial charge in [-0.25, -0.2) is 0 Å². The minimum absolute atomic E-state index is 0.730. The van der Waals surface area contributed by atoms with Crippen molar-refractivity contribution in [1.29, 1.82) is 0 Å². The van der Waals surface area contributed by atoms with Crippen LogP contribution in [0.1, 0.15) is 63.5 Å². The summed E-state index contributed by atoms with van der Waals surface area (Å²) in [5.41, 5.74) is 1.18. The van der Waals surface area contributed by atoms with Gasteiger partial charge in [-0.2, -0.15) is 5.10 Å². The average molecular weight is 275 g/mol. The number of aryl methyl sites for hydroxylation is 1. The van der Waals surface area contributed by atoms with Crippen molar-refractivity contribution in [3.05, 3.63) is 18.0 Å². The third-order valence-corrected chi connectivity index (χ3v) is 5.39. The first kappa shape index (κ1) is 14.1.